The summed E-state index contributed by atoms with van der Waals surface area (Å²) in [5.41, 5.74) is 5.77. The van der Waals surface area contributed by atoms with Gasteiger partial charge in [0, 0.05) is 30.1 Å². The fraction of sp³-hybridized carbons (Fsp3) is 0.474. The van der Waals surface area contributed by atoms with Crippen LogP contribution in [0.1, 0.15) is 48.6 Å². The Bertz CT molecular complexity index is 756. The highest BCUT2D eigenvalue weighted by molar-refractivity contribution is 5.67. The number of nitrogens with one attached hydrogen (secondary N) is 2. The first-order chi connectivity index (χ1) is 11.5. The second-order valence-corrected chi connectivity index (χ2v) is 6.65. The molecule has 3 rings (SSSR count). The molecule has 1 aliphatic heterocycles. The second-order valence-electron chi connectivity index (χ2n) is 6.65. The molecule has 5 nitrogen and oxygen atoms in total. The van der Waals surface area contributed by atoms with Gasteiger partial charge in [-0.2, -0.15) is 4.98 Å². The highest BCUT2D eigenvalue weighted by Gasteiger charge is 2.22. The van der Waals surface area contributed by atoms with Crippen molar-refractivity contribution < 1.29 is 4.74 Å². The largest absolute Gasteiger partial charge is 0.493 e. The van der Waals surface area contributed by atoms with E-state index in [0.29, 0.717) is 11.9 Å². The lowest BCUT2D eigenvalue weighted by Gasteiger charge is -2.26. The van der Waals surface area contributed by atoms with Crippen LogP contribution in [0.5, 0.6) is 5.75 Å². The number of benzene rings is 1. The normalized spacial score (nSPS) is 13.4. The molecular weight excluding hydrogens is 300 g/mol. The van der Waals surface area contributed by atoms with Crippen LogP contribution in [-0.4, -0.2) is 23.6 Å². The summed E-state index contributed by atoms with van der Waals surface area (Å²) in [7, 11) is 1.86. The Hall–Kier alpha value is -2.30. The number of anilines is 3. The van der Waals surface area contributed by atoms with Gasteiger partial charge in [-0.25, -0.2) is 4.98 Å². The third-order valence-corrected chi connectivity index (χ3v) is 4.43. The lowest BCUT2D eigenvalue weighted by molar-refractivity contribution is 0.284. The summed E-state index contributed by atoms with van der Waals surface area (Å²) in [6.07, 6.45) is 2.12. The maximum Gasteiger partial charge on any atom is 0.229 e. The molecular formula is C19H26N4O. The van der Waals surface area contributed by atoms with E-state index in [2.05, 4.69) is 47.4 Å². The monoisotopic (exact) mass is 326 g/mol. The highest BCUT2D eigenvalue weighted by Crippen LogP contribution is 2.40. The predicted molar refractivity (Wildman–Crippen MR) is 98.7 cm³/mol. The Morgan fingerprint density at radius 2 is 1.96 bits per heavy atom. The molecule has 0 amide bonds. The van der Waals surface area contributed by atoms with Gasteiger partial charge in [0.2, 0.25) is 5.95 Å². The first-order valence-corrected chi connectivity index (χ1v) is 8.59. The van der Waals surface area contributed by atoms with Crippen LogP contribution in [0.25, 0.3) is 0 Å². The van der Waals surface area contributed by atoms with Crippen molar-refractivity contribution in [1.82, 2.24) is 9.97 Å². The smallest absolute Gasteiger partial charge is 0.229 e. The van der Waals surface area contributed by atoms with Crippen molar-refractivity contribution in [3.05, 3.63) is 34.5 Å². The summed E-state index contributed by atoms with van der Waals surface area (Å²) in [6.45, 7) is 9.36. The fourth-order valence-electron chi connectivity index (χ4n) is 3.33. The van der Waals surface area contributed by atoms with Gasteiger partial charge in [0.05, 0.1) is 6.61 Å². The van der Waals surface area contributed by atoms with E-state index in [-0.39, 0.29) is 0 Å². The van der Waals surface area contributed by atoms with Crippen molar-refractivity contribution in [3.8, 4) is 5.75 Å². The van der Waals surface area contributed by atoms with Gasteiger partial charge in [0.1, 0.15) is 11.6 Å². The molecule has 0 saturated carbocycles. The molecule has 128 valence electrons. The van der Waals surface area contributed by atoms with Crippen molar-refractivity contribution >= 4 is 17.5 Å². The van der Waals surface area contributed by atoms with Gasteiger partial charge < -0.3 is 15.4 Å². The van der Waals surface area contributed by atoms with E-state index in [9.17, 15) is 0 Å². The van der Waals surface area contributed by atoms with Crippen LogP contribution in [0.2, 0.25) is 0 Å². The predicted octanol–water partition coefficient (Wildman–Crippen LogP) is 4.33. The number of fused-ring (bicyclic) bond motifs is 1. The van der Waals surface area contributed by atoms with Gasteiger partial charge in [-0.15, -0.1) is 0 Å². The lowest BCUT2D eigenvalue weighted by Crippen LogP contribution is -2.14. The van der Waals surface area contributed by atoms with Gasteiger partial charge in [0.25, 0.3) is 0 Å². The number of ether oxygens (including phenoxy) is 1. The van der Waals surface area contributed by atoms with Crippen LogP contribution in [0.3, 0.4) is 0 Å². The summed E-state index contributed by atoms with van der Waals surface area (Å²) < 4.78 is 5.99. The van der Waals surface area contributed by atoms with Crippen LogP contribution in [0.15, 0.2) is 12.1 Å². The molecule has 0 bridgehead atoms. The van der Waals surface area contributed by atoms with E-state index in [0.717, 1.165) is 42.4 Å². The molecule has 2 heterocycles. The average molecular weight is 326 g/mol. The van der Waals surface area contributed by atoms with Crippen molar-refractivity contribution in [2.45, 2.75) is 46.5 Å². The Morgan fingerprint density at radius 1 is 1.17 bits per heavy atom. The van der Waals surface area contributed by atoms with E-state index in [1.54, 1.807) is 0 Å². The molecule has 0 aliphatic carbocycles. The molecule has 0 radical (unpaired) electrons. The van der Waals surface area contributed by atoms with E-state index >= 15 is 0 Å². The molecule has 1 aromatic carbocycles. The van der Waals surface area contributed by atoms with Gasteiger partial charge in [-0.1, -0.05) is 13.8 Å². The minimum atomic E-state index is 0.407. The molecule has 2 aromatic rings. The van der Waals surface area contributed by atoms with Crippen LogP contribution in [-0.2, 0) is 6.42 Å². The fourth-order valence-corrected chi connectivity index (χ4v) is 3.33. The molecule has 0 spiro atoms. The zero-order valence-corrected chi connectivity index (χ0v) is 15.2. The molecule has 5 heteroatoms. The van der Waals surface area contributed by atoms with Gasteiger partial charge >= 0.3 is 0 Å². The Morgan fingerprint density at radius 3 is 2.67 bits per heavy atom. The van der Waals surface area contributed by atoms with Crippen LogP contribution >= 0.6 is 0 Å². The Labute approximate surface area is 143 Å². The highest BCUT2D eigenvalue weighted by atomic mass is 16.5. The lowest BCUT2D eigenvalue weighted by atomic mass is 9.90. The third kappa shape index (κ3) is 3.16. The van der Waals surface area contributed by atoms with Crippen molar-refractivity contribution in [1.29, 1.82) is 0 Å². The summed E-state index contributed by atoms with van der Waals surface area (Å²) in [4.78, 5) is 9.02. The van der Waals surface area contributed by atoms with Crippen LogP contribution in [0, 0.1) is 13.8 Å². The molecule has 2 N–H and O–H groups in total. The molecule has 0 atom stereocenters. The SMILES string of the molecule is CNc1cc(C)nc(Nc2cc3c(c(C(C)C)c2C)OCCC3)n1. The van der Waals surface area contributed by atoms with E-state index in [4.69, 9.17) is 4.74 Å². The summed E-state index contributed by atoms with van der Waals surface area (Å²) in [6, 6.07) is 4.12. The van der Waals surface area contributed by atoms with Gasteiger partial charge in [0.15, 0.2) is 0 Å². The molecule has 0 saturated heterocycles. The minimum absolute atomic E-state index is 0.407. The minimum Gasteiger partial charge on any atom is -0.493 e. The zero-order chi connectivity index (χ0) is 17.3. The van der Waals surface area contributed by atoms with E-state index < -0.39 is 0 Å². The van der Waals surface area contributed by atoms with Crippen LogP contribution in [0.4, 0.5) is 17.5 Å². The van der Waals surface area contributed by atoms with E-state index in [1.807, 2.05) is 20.0 Å². The van der Waals surface area contributed by atoms with Gasteiger partial charge in [-0.3, -0.25) is 0 Å². The molecule has 0 fully saturated rings. The first kappa shape index (κ1) is 16.6. The summed E-state index contributed by atoms with van der Waals surface area (Å²) in [5.74, 6) is 2.92. The van der Waals surface area contributed by atoms with Crippen molar-refractivity contribution in [2.75, 3.05) is 24.3 Å². The topological polar surface area (TPSA) is 59.1 Å². The number of hydrogen-bond acceptors (Lipinski definition) is 5. The Balaban J connectivity index is 2.05. The maximum atomic E-state index is 5.99. The van der Waals surface area contributed by atoms with Crippen molar-refractivity contribution in [2.24, 2.45) is 0 Å². The standard InChI is InChI=1S/C19H26N4O/c1-11(2)17-13(4)15(10-14-7-6-8-24-18(14)17)22-19-21-12(3)9-16(20-5)23-19/h9-11H,6-8H2,1-5H3,(H2,20,21,22,23). The first-order valence-electron chi connectivity index (χ1n) is 8.59. The molecule has 1 aromatic heterocycles. The van der Waals surface area contributed by atoms with Crippen molar-refractivity contribution in [3.63, 3.8) is 0 Å². The zero-order valence-electron chi connectivity index (χ0n) is 15.2. The van der Waals surface area contributed by atoms with Gasteiger partial charge in [-0.05, 0) is 49.8 Å². The second kappa shape index (κ2) is 6.67. The third-order valence-electron chi connectivity index (χ3n) is 4.43. The number of aryl methyl sites for hydroxylation is 2. The quantitative estimate of drug-likeness (QED) is 0.876. The average Bonchev–Trinajstić information content (AvgIpc) is 2.54. The van der Waals surface area contributed by atoms with Crippen LogP contribution < -0.4 is 15.4 Å². The number of aromatic nitrogens is 2. The molecule has 1 aliphatic rings. The number of rotatable bonds is 4. The maximum absolute atomic E-state index is 5.99. The van der Waals surface area contributed by atoms with E-state index in [1.165, 1.54) is 16.7 Å². The number of hydrogen-bond donors (Lipinski definition) is 2. The molecule has 24 heavy (non-hydrogen) atoms. The Kier molecular flexibility index (Phi) is 4.60. The molecule has 0 unspecified atom stereocenters. The summed E-state index contributed by atoms with van der Waals surface area (Å²) >= 11 is 0. The summed E-state index contributed by atoms with van der Waals surface area (Å²) in [5, 5.41) is 6.49. The number of nitrogens with zero attached hydrogens (tertiary/aromatic N) is 2.